The van der Waals surface area contributed by atoms with E-state index < -0.39 is 0 Å². The summed E-state index contributed by atoms with van der Waals surface area (Å²) in [5, 5.41) is 9.53. The SMILES string of the molecule is O=C(Nc1ccc(I)cc1)C(Sc1ccc(NC(=S)Nc2ccccc2)cc1)c1ccccc1. The number of carbonyl (C=O) groups excluding carboxylic acids is 1. The second-order valence-electron chi connectivity index (χ2n) is 7.37. The minimum Gasteiger partial charge on any atom is -0.332 e. The van der Waals surface area contributed by atoms with Crippen molar-refractivity contribution in [1.29, 1.82) is 0 Å². The number of anilines is 3. The Morgan fingerprint density at radius 1 is 0.676 bits per heavy atom. The molecule has 4 aromatic carbocycles. The van der Waals surface area contributed by atoms with Gasteiger partial charge in [0.15, 0.2) is 5.11 Å². The number of nitrogens with one attached hydrogen (secondary N) is 3. The highest BCUT2D eigenvalue weighted by Crippen LogP contribution is 2.36. The lowest BCUT2D eigenvalue weighted by Gasteiger charge is -2.18. The molecule has 0 aliphatic rings. The topological polar surface area (TPSA) is 53.2 Å². The number of thiocarbonyl (C=S) groups is 1. The van der Waals surface area contributed by atoms with Gasteiger partial charge in [0.1, 0.15) is 5.25 Å². The molecular weight excluding hydrogens is 573 g/mol. The highest BCUT2D eigenvalue weighted by atomic mass is 127. The molecule has 7 heteroatoms. The van der Waals surface area contributed by atoms with Gasteiger partial charge in [0.05, 0.1) is 0 Å². The largest absolute Gasteiger partial charge is 0.332 e. The molecule has 0 fully saturated rings. The van der Waals surface area contributed by atoms with E-state index in [9.17, 15) is 4.79 Å². The maximum absolute atomic E-state index is 13.2. The van der Waals surface area contributed by atoms with E-state index in [2.05, 4.69) is 38.5 Å². The number of amides is 1. The fourth-order valence-corrected chi connectivity index (χ4v) is 4.83. The van der Waals surface area contributed by atoms with Gasteiger partial charge in [0.2, 0.25) is 5.91 Å². The third kappa shape index (κ3) is 7.06. The lowest BCUT2D eigenvalue weighted by molar-refractivity contribution is -0.115. The van der Waals surface area contributed by atoms with E-state index in [0.29, 0.717) is 5.11 Å². The first kappa shape index (κ1) is 24.3. The van der Waals surface area contributed by atoms with Crippen LogP contribution in [0.1, 0.15) is 10.8 Å². The molecule has 0 aromatic heterocycles. The maximum atomic E-state index is 13.2. The summed E-state index contributed by atoms with van der Waals surface area (Å²) in [7, 11) is 0. The average Bonchev–Trinajstić information content (AvgIpc) is 2.86. The van der Waals surface area contributed by atoms with Crippen LogP contribution < -0.4 is 16.0 Å². The van der Waals surface area contributed by atoms with Gasteiger partial charge < -0.3 is 16.0 Å². The van der Waals surface area contributed by atoms with Crippen molar-refractivity contribution in [3.05, 3.63) is 118 Å². The van der Waals surface area contributed by atoms with Crippen molar-refractivity contribution in [2.75, 3.05) is 16.0 Å². The van der Waals surface area contributed by atoms with Crippen LogP contribution in [0.2, 0.25) is 0 Å². The van der Waals surface area contributed by atoms with Gasteiger partial charge in [-0.25, -0.2) is 0 Å². The standard InChI is InChI=1S/C27H22IN3OS2/c28-20-11-13-22(14-12-20)29-26(32)25(19-7-3-1-4-8-19)34-24-17-15-23(16-18-24)31-27(33)30-21-9-5-2-6-10-21/h1-18,25H,(H,29,32)(H2,30,31,33). The van der Waals surface area contributed by atoms with Crippen LogP contribution in [0, 0.1) is 3.57 Å². The number of rotatable bonds is 7. The van der Waals surface area contributed by atoms with E-state index in [1.54, 1.807) is 0 Å². The van der Waals surface area contributed by atoms with Crippen LogP contribution in [0.5, 0.6) is 0 Å². The normalized spacial score (nSPS) is 11.3. The van der Waals surface area contributed by atoms with E-state index in [4.69, 9.17) is 12.2 Å². The van der Waals surface area contributed by atoms with Crippen molar-refractivity contribution in [3.63, 3.8) is 0 Å². The van der Waals surface area contributed by atoms with Gasteiger partial charge in [-0.05, 0) is 101 Å². The smallest absolute Gasteiger partial charge is 0.242 e. The maximum Gasteiger partial charge on any atom is 0.242 e. The fraction of sp³-hybridized carbons (Fsp3) is 0.0370. The second kappa shape index (κ2) is 12.0. The molecule has 0 saturated heterocycles. The first-order valence-corrected chi connectivity index (χ1v) is 12.9. The summed E-state index contributed by atoms with van der Waals surface area (Å²) in [6.07, 6.45) is 0. The van der Waals surface area contributed by atoms with Gasteiger partial charge in [-0.1, -0.05) is 48.5 Å². The fourth-order valence-electron chi connectivity index (χ4n) is 3.21. The predicted octanol–water partition coefficient (Wildman–Crippen LogP) is 7.57. The van der Waals surface area contributed by atoms with Gasteiger partial charge in [0.25, 0.3) is 0 Å². The van der Waals surface area contributed by atoms with E-state index in [-0.39, 0.29) is 11.2 Å². The van der Waals surface area contributed by atoms with Crippen LogP contribution >= 0.6 is 46.6 Å². The van der Waals surface area contributed by atoms with Gasteiger partial charge in [-0.3, -0.25) is 4.79 Å². The highest BCUT2D eigenvalue weighted by molar-refractivity contribution is 14.1. The Hall–Kier alpha value is -2.88. The summed E-state index contributed by atoms with van der Waals surface area (Å²) < 4.78 is 1.12. The van der Waals surface area contributed by atoms with Crippen molar-refractivity contribution < 1.29 is 4.79 Å². The zero-order valence-electron chi connectivity index (χ0n) is 18.1. The van der Waals surface area contributed by atoms with Gasteiger partial charge in [-0.2, -0.15) is 0 Å². The second-order valence-corrected chi connectivity index (χ2v) is 10.2. The molecule has 4 rings (SSSR count). The molecule has 34 heavy (non-hydrogen) atoms. The van der Waals surface area contributed by atoms with E-state index >= 15 is 0 Å². The lowest BCUT2D eigenvalue weighted by Crippen LogP contribution is -2.19. The highest BCUT2D eigenvalue weighted by Gasteiger charge is 2.22. The van der Waals surface area contributed by atoms with Gasteiger partial charge in [0, 0.05) is 25.5 Å². The number of carbonyl (C=O) groups is 1. The molecule has 0 aliphatic carbocycles. The summed E-state index contributed by atoms with van der Waals surface area (Å²) in [5.74, 6) is -0.0622. The average molecular weight is 596 g/mol. The summed E-state index contributed by atoms with van der Waals surface area (Å²) >= 11 is 9.17. The number of halogens is 1. The molecule has 0 spiro atoms. The first-order valence-electron chi connectivity index (χ1n) is 10.6. The van der Waals surface area contributed by atoms with Crippen molar-refractivity contribution >= 4 is 74.7 Å². The van der Waals surface area contributed by atoms with Crippen molar-refractivity contribution in [1.82, 2.24) is 0 Å². The Morgan fingerprint density at radius 2 is 1.18 bits per heavy atom. The van der Waals surface area contributed by atoms with Crippen molar-refractivity contribution in [3.8, 4) is 0 Å². The molecule has 3 N–H and O–H groups in total. The number of hydrogen-bond acceptors (Lipinski definition) is 3. The molecule has 1 unspecified atom stereocenters. The third-order valence-corrected chi connectivity index (χ3v) is 7.04. The van der Waals surface area contributed by atoms with E-state index in [0.717, 1.165) is 31.1 Å². The van der Waals surface area contributed by atoms with Crippen LogP contribution in [-0.2, 0) is 4.79 Å². The Morgan fingerprint density at radius 3 is 1.79 bits per heavy atom. The zero-order valence-corrected chi connectivity index (χ0v) is 21.9. The Kier molecular flexibility index (Phi) is 8.56. The molecule has 0 heterocycles. The lowest BCUT2D eigenvalue weighted by atomic mass is 10.1. The molecular formula is C27H22IN3OS2. The summed E-state index contributed by atoms with van der Waals surface area (Å²) in [6.45, 7) is 0. The first-order chi connectivity index (χ1) is 16.6. The van der Waals surface area contributed by atoms with Gasteiger partial charge in [-0.15, -0.1) is 11.8 Å². The molecule has 0 aliphatic heterocycles. The molecule has 1 amide bonds. The Balaban J connectivity index is 1.44. The third-order valence-electron chi connectivity index (χ3n) is 4.85. The molecule has 170 valence electrons. The predicted molar refractivity (Wildman–Crippen MR) is 156 cm³/mol. The summed E-state index contributed by atoms with van der Waals surface area (Å²) in [4.78, 5) is 14.2. The Labute approximate surface area is 222 Å². The minimum atomic E-state index is -0.389. The number of thioether (sulfide) groups is 1. The van der Waals surface area contributed by atoms with Crippen molar-refractivity contribution in [2.24, 2.45) is 0 Å². The monoisotopic (exact) mass is 595 g/mol. The van der Waals surface area contributed by atoms with Gasteiger partial charge >= 0.3 is 0 Å². The molecule has 4 nitrogen and oxygen atoms in total. The van der Waals surface area contributed by atoms with Crippen LogP contribution in [0.25, 0.3) is 0 Å². The molecule has 1 atom stereocenters. The van der Waals surface area contributed by atoms with Crippen LogP contribution in [-0.4, -0.2) is 11.0 Å². The Bertz CT molecular complexity index is 1230. The summed E-state index contributed by atoms with van der Waals surface area (Å²) in [6, 6.07) is 35.3. The summed E-state index contributed by atoms with van der Waals surface area (Å²) in [5.41, 5.74) is 3.53. The number of hydrogen-bond donors (Lipinski definition) is 3. The van der Waals surface area contributed by atoms with Crippen molar-refractivity contribution in [2.45, 2.75) is 10.1 Å². The van der Waals surface area contributed by atoms with E-state index in [1.165, 1.54) is 11.8 Å². The number of para-hydroxylation sites is 1. The molecule has 0 bridgehead atoms. The van der Waals surface area contributed by atoms with Crippen LogP contribution in [0.15, 0.2) is 114 Å². The van der Waals surface area contributed by atoms with Crippen LogP contribution in [0.4, 0.5) is 17.1 Å². The van der Waals surface area contributed by atoms with E-state index in [1.807, 2.05) is 109 Å². The molecule has 4 aromatic rings. The minimum absolute atomic E-state index is 0.0622. The molecule has 0 saturated carbocycles. The number of benzene rings is 4. The molecule has 0 radical (unpaired) electrons. The van der Waals surface area contributed by atoms with Crippen LogP contribution in [0.3, 0.4) is 0 Å². The zero-order chi connectivity index (χ0) is 23.8. The quantitative estimate of drug-likeness (QED) is 0.117.